The number of fused-ring (bicyclic) bond motifs is 1. The Balaban J connectivity index is 1.26. The van der Waals surface area contributed by atoms with Crippen LogP contribution in [0.1, 0.15) is 0 Å². The van der Waals surface area contributed by atoms with Crippen LogP contribution >= 0.6 is 0 Å². The van der Waals surface area contributed by atoms with Gasteiger partial charge in [-0.1, -0.05) is 91.0 Å². The van der Waals surface area contributed by atoms with Gasteiger partial charge in [-0.3, -0.25) is 0 Å². The Hall–Kier alpha value is -2.39. The van der Waals surface area contributed by atoms with Crippen molar-refractivity contribution in [2.24, 2.45) is 0 Å². The number of hydrogen-bond donors (Lipinski definition) is 0. The summed E-state index contributed by atoms with van der Waals surface area (Å²) in [5.41, 5.74) is 2.90. The molecule has 3 aromatic rings. The van der Waals surface area contributed by atoms with Crippen LogP contribution in [0.2, 0.25) is 0 Å². The molecule has 6 nitrogen and oxygen atoms in total. The van der Waals surface area contributed by atoms with E-state index in [1.54, 1.807) is 0 Å². The van der Waals surface area contributed by atoms with Crippen molar-refractivity contribution in [3.8, 4) is 0 Å². The zero-order valence-corrected chi connectivity index (χ0v) is 18.1. The molecule has 3 aromatic carbocycles. The van der Waals surface area contributed by atoms with Crippen LogP contribution in [0.25, 0.3) is 0 Å². The molecule has 164 valence electrons. The summed E-state index contributed by atoms with van der Waals surface area (Å²) in [7, 11) is -1.44. The van der Waals surface area contributed by atoms with Crippen LogP contribution in [0.3, 0.4) is 0 Å². The van der Waals surface area contributed by atoms with Gasteiger partial charge in [0.25, 0.3) is 0 Å². The summed E-state index contributed by atoms with van der Waals surface area (Å²) >= 11 is 0. The molecule has 0 spiro atoms. The largest absolute Gasteiger partial charge is 0.494 e. The third-order valence-electron chi connectivity index (χ3n) is 6.25. The van der Waals surface area contributed by atoms with Gasteiger partial charge in [-0.2, -0.15) is 0 Å². The first-order valence-electron chi connectivity index (χ1n) is 11.3. The highest BCUT2D eigenvalue weighted by atomic mass is 16.7. The van der Waals surface area contributed by atoms with Gasteiger partial charge in [0.15, 0.2) is 0 Å². The minimum absolute atomic E-state index is 0.284. The molecule has 0 aromatic heterocycles. The minimum atomic E-state index is -0.530. The summed E-state index contributed by atoms with van der Waals surface area (Å²) in [4.78, 5) is 0. The van der Waals surface area contributed by atoms with E-state index in [1.807, 2.05) is 91.0 Å². The van der Waals surface area contributed by atoms with Crippen molar-refractivity contribution in [2.45, 2.75) is 24.4 Å². The second-order valence-corrected chi connectivity index (χ2v) is 8.44. The summed E-state index contributed by atoms with van der Waals surface area (Å²) in [6.07, 6.45) is -1.31. The van der Waals surface area contributed by atoms with Gasteiger partial charge in [-0.15, -0.1) is 0 Å². The number of hydrogen-bond acceptors (Lipinski definition) is 6. The van der Waals surface area contributed by atoms with Crippen molar-refractivity contribution in [1.82, 2.24) is 0 Å². The average Bonchev–Trinajstić information content (AvgIpc) is 3.39. The maximum atomic E-state index is 6.49. The fourth-order valence-electron chi connectivity index (χ4n) is 4.59. The Bertz CT molecular complexity index is 1040. The lowest BCUT2D eigenvalue weighted by Gasteiger charge is -2.46. The van der Waals surface area contributed by atoms with Gasteiger partial charge in [0.05, 0.1) is 37.6 Å². The highest BCUT2D eigenvalue weighted by molar-refractivity contribution is 6.63. The van der Waals surface area contributed by atoms with Gasteiger partial charge >= 0.3 is 21.4 Å². The van der Waals surface area contributed by atoms with Crippen LogP contribution in [0.15, 0.2) is 91.0 Å². The van der Waals surface area contributed by atoms with E-state index >= 15 is 0 Å². The van der Waals surface area contributed by atoms with Crippen molar-refractivity contribution in [1.29, 1.82) is 0 Å². The van der Waals surface area contributed by atoms with Crippen LogP contribution in [0.5, 0.6) is 0 Å². The summed E-state index contributed by atoms with van der Waals surface area (Å²) in [5, 5.41) is 0. The second-order valence-electron chi connectivity index (χ2n) is 8.44. The van der Waals surface area contributed by atoms with Gasteiger partial charge in [0.2, 0.25) is 0 Å². The van der Waals surface area contributed by atoms with Crippen molar-refractivity contribution < 1.29 is 27.9 Å². The summed E-state index contributed by atoms with van der Waals surface area (Å²) < 4.78 is 37.6. The van der Waals surface area contributed by atoms with Crippen LogP contribution in [-0.2, 0) is 27.9 Å². The molecule has 0 aliphatic carbocycles. The predicted octanol–water partition coefficient (Wildman–Crippen LogP) is 0.787. The van der Waals surface area contributed by atoms with Crippen molar-refractivity contribution >= 4 is 37.7 Å². The zero-order valence-electron chi connectivity index (χ0n) is 18.1. The van der Waals surface area contributed by atoms with E-state index in [0.717, 1.165) is 16.4 Å². The molecule has 9 heteroatoms. The lowest BCUT2D eigenvalue weighted by Crippen LogP contribution is -2.66. The van der Waals surface area contributed by atoms with Crippen LogP contribution < -0.4 is 16.4 Å². The lowest BCUT2D eigenvalue weighted by atomic mass is 9.73. The van der Waals surface area contributed by atoms with Gasteiger partial charge in [0.1, 0.15) is 0 Å². The van der Waals surface area contributed by atoms with E-state index in [2.05, 4.69) is 0 Å². The number of benzene rings is 3. The molecule has 3 saturated heterocycles. The first kappa shape index (κ1) is 21.2. The molecule has 6 rings (SSSR count). The molecule has 0 saturated carbocycles. The van der Waals surface area contributed by atoms with E-state index in [-0.39, 0.29) is 24.4 Å². The highest BCUT2D eigenvalue weighted by Gasteiger charge is 2.53. The van der Waals surface area contributed by atoms with E-state index in [9.17, 15) is 0 Å². The molecule has 0 amide bonds. The van der Waals surface area contributed by atoms with Crippen molar-refractivity contribution in [3.05, 3.63) is 91.0 Å². The van der Waals surface area contributed by atoms with Crippen LogP contribution in [-0.4, -0.2) is 59.0 Å². The molecule has 3 heterocycles. The van der Waals surface area contributed by atoms with E-state index in [0.29, 0.717) is 13.2 Å². The second kappa shape index (κ2) is 9.47. The van der Waals surface area contributed by atoms with Gasteiger partial charge in [0, 0.05) is 0 Å². The standard InChI is InChI=1S/C24H23B3O6/c1-4-10-18(11-5-1)25-28-16-21(30-25)24-23-22(31-27(33-24)20-14-8-3-9-15-20)17-29-26(32-23)19-12-6-2-7-13-19/h1-15,21-24H,16-17H2/t21-,22+,23-,24+/m1/s1. The van der Waals surface area contributed by atoms with E-state index in [4.69, 9.17) is 27.9 Å². The highest BCUT2D eigenvalue weighted by Crippen LogP contribution is 2.30. The molecule has 4 atom stereocenters. The maximum absolute atomic E-state index is 6.49. The van der Waals surface area contributed by atoms with Gasteiger partial charge in [-0.05, 0) is 16.4 Å². The van der Waals surface area contributed by atoms with Gasteiger partial charge < -0.3 is 27.9 Å². The zero-order chi connectivity index (χ0) is 22.0. The molecule has 3 fully saturated rings. The Labute approximate surface area is 194 Å². The molecule has 0 radical (unpaired) electrons. The minimum Gasteiger partial charge on any atom is -0.405 e. The molecular weight excluding hydrogens is 417 g/mol. The van der Waals surface area contributed by atoms with Crippen LogP contribution in [0, 0.1) is 0 Å². The Morgan fingerprint density at radius 1 is 0.455 bits per heavy atom. The topological polar surface area (TPSA) is 55.4 Å². The first-order valence-corrected chi connectivity index (χ1v) is 11.3. The Morgan fingerprint density at radius 2 is 0.818 bits per heavy atom. The normalized spacial score (nSPS) is 27.5. The van der Waals surface area contributed by atoms with Gasteiger partial charge in [-0.25, -0.2) is 0 Å². The quantitative estimate of drug-likeness (QED) is 0.560. The van der Waals surface area contributed by atoms with Crippen molar-refractivity contribution in [3.63, 3.8) is 0 Å². The fourth-order valence-corrected chi connectivity index (χ4v) is 4.59. The fraction of sp³-hybridized carbons (Fsp3) is 0.250. The summed E-state index contributed by atoms with van der Waals surface area (Å²) in [5.74, 6) is 0. The predicted molar refractivity (Wildman–Crippen MR) is 127 cm³/mol. The third-order valence-corrected chi connectivity index (χ3v) is 6.25. The van der Waals surface area contributed by atoms with E-state index in [1.165, 1.54) is 0 Å². The molecule has 0 N–H and O–H groups in total. The molecule has 0 bridgehead atoms. The SMILES string of the molecule is c1ccc(B2OC[C@@H]3OB(c4ccccc4)O[C@@H]([C@H]4COB(c5ccccc5)O4)[C@@H]3O2)cc1. The molecule has 0 unspecified atom stereocenters. The lowest BCUT2D eigenvalue weighted by molar-refractivity contribution is -0.146. The Kier molecular flexibility index (Phi) is 6.07. The monoisotopic (exact) mass is 440 g/mol. The average molecular weight is 440 g/mol. The molecular formula is C24H23B3O6. The first-order chi connectivity index (χ1) is 16.3. The van der Waals surface area contributed by atoms with Crippen LogP contribution in [0.4, 0.5) is 0 Å². The summed E-state index contributed by atoms with van der Waals surface area (Å²) in [6, 6.07) is 29.8. The molecule has 3 aliphatic rings. The third kappa shape index (κ3) is 4.40. The number of rotatable bonds is 4. The maximum Gasteiger partial charge on any atom is 0.494 e. The Morgan fingerprint density at radius 3 is 1.30 bits per heavy atom. The smallest absolute Gasteiger partial charge is 0.405 e. The molecule has 3 aliphatic heterocycles. The molecule has 33 heavy (non-hydrogen) atoms. The van der Waals surface area contributed by atoms with Crippen molar-refractivity contribution in [2.75, 3.05) is 13.2 Å². The van der Waals surface area contributed by atoms with E-state index < -0.39 is 21.4 Å². The summed E-state index contributed by atoms with van der Waals surface area (Å²) in [6.45, 7) is 0.818.